The van der Waals surface area contributed by atoms with E-state index in [2.05, 4.69) is 12.2 Å². The van der Waals surface area contributed by atoms with Crippen LogP contribution in [0.1, 0.15) is 32.4 Å². The maximum absolute atomic E-state index is 12.8. The summed E-state index contributed by atoms with van der Waals surface area (Å²) in [7, 11) is -1.96. The van der Waals surface area contributed by atoms with Crippen molar-refractivity contribution in [1.82, 2.24) is 9.21 Å². The maximum Gasteiger partial charge on any atom is 0.243 e. The topological polar surface area (TPSA) is 79.0 Å². The average molecular weight is 448 g/mol. The fraction of sp³-hybridized carbons (Fsp3) is 0.435. The van der Waals surface area contributed by atoms with E-state index in [1.807, 2.05) is 35.2 Å². The molecular formula is C23H33N3O4S. The van der Waals surface area contributed by atoms with Crippen LogP contribution in [0, 0.1) is 0 Å². The number of sulfonamides is 1. The average Bonchev–Trinajstić information content (AvgIpc) is 2.77. The van der Waals surface area contributed by atoms with Crippen molar-refractivity contribution in [3.63, 3.8) is 0 Å². The second-order valence-electron chi connectivity index (χ2n) is 7.22. The van der Waals surface area contributed by atoms with Gasteiger partial charge in [0, 0.05) is 38.5 Å². The van der Waals surface area contributed by atoms with Crippen molar-refractivity contribution < 1.29 is 17.9 Å². The second-order valence-corrected chi connectivity index (χ2v) is 9.15. The minimum absolute atomic E-state index is 0.0245. The van der Waals surface area contributed by atoms with Crippen LogP contribution in [0.4, 0.5) is 5.69 Å². The summed E-state index contributed by atoms with van der Waals surface area (Å²) in [6.07, 6.45) is 0. The molecule has 0 heterocycles. The van der Waals surface area contributed by atoms with Crippen molar-refractivity contribution in [2.24, 2.45) is 0 Å². The Labute approximate surface area is 186 Å². The summed E-state index contributed by atoms with van der Waals surface area (Å²) in [4.78, 5) is 15.0. The van der Waals surface area contributed by atoms with E-state index >= 15 is 0 Å². The molecule has 0 aliphatic rings. The molecular weight excluding hydrogens is 414 g/mol. The quantitative estimate of drug-likeness (QED) is 0.540. The lowest BCUT2D eigenvalue weighted by Gasteiger charge is -2.28. The summed E-state index contributed by atoms with van der Waals surface area (Å²) in [5, 5.41) is 2.84. The number of benzene rings is 2. The molecule has 0 bridgehead atoms. The summed E-state index contributed by atoms with van der Waals surface area (Å²) in [6.45, 7) is 7.69. The molecule has 0 aliphatic heterocycles. The van der Waals surface area contributed by atoms with Crippen molar-refractivity contribution in [2.45, 2.75) is 31.7 Å². The van der Waals surface area contributed by atoms with Gasteiger partial charge in [0.1, 0.15) is 0 Å². The molecule has 1 atom stereocenters. The number of methoxy groups -OCH3 is 1. The Morgan fingerprint density at radius 1 is 1.06 bits per heavy atom. The normalized spacial score (nSPS) is 12.8. The summed E-state index contributed by atoms with van der Waals surface area (Å²) in [5.41, 5.74) is 1.57. The Kier molecular flexibility index (Phi) is 9.64. The summed E-state index contributed by atoms with van der Waals surface area (Å²) in [5.74, 6) is -0.212. The van der Waals surface area contributed by atoms with E-state index in [1.165, 1.54) is 10.4 Å². The van der Waals surface area contributed by atoms with Crippen LogP contribution in [0.2, 0.25) is 0 Å². The molecule has 0 radical (unpaired) electrons. The summed E-state index contributed by atoms with van der Waals surface area (Å²) >= 11 is 0. The van der Waals surface area contributed by atoms with Gasteiger partial charge in [-0.2, -0.15) is 4.31 Å². The molecule has 7 nitrogen and oxygen atoms in total. The number of rotatable bonds is 12. The van der Waals surface area contributed by atoms with Gasteiger partial charge < -0.3 is 10.1 Å². The fourth-order valence-electron chi connectivity index (χ4n) is 3.39. The molecule has 1 N–H and O–H groups in total. The number of hydrogen-bond donors (Lipinski definition) is 1. The van der Waals surface area contributed by atoms with Crippen molar-refractivity contribution in [3.05, 3.63) is 60.2 Å². The van der Waals surface area contributed by atoms with E-state index in [4.69, 9.17) is 4.74 Å². The molecule has 2 aromatic rings. The lowest BCUT2D eigenvalue weighted by molar-refractivity contribution is -0.118. The highest BCUT2D eigenvalue weighted by atomic mass is 32.2. The number of ether oxygens (including phenoxy) is 1. The number of nitrogens with zero attached hydrogens (tertiary/aromatic N) is 2. The van der Waals surface area contributed by atoms with Gasteiger partial charge in [-0.1, -0.05) is 50.2 Å². The van der Waals surface area contributed by atoms with Gasteiger partial charge in [0.25, 0.3) is 0 Å². The molecule has 1 amide bonds. The Morgan fingerprint density at radius 2 is 1.74 bits per heavy atom. The highest BCUT2D eigenvalue weighted by molar-refractivity contribution is 7.89. The van der Waals surface area contributed by atoms with Crippen molar-refractivity contribution in [1.29, 1.82) is 0 Å². The first kappa shape index (κ1) is 25.0. The van der Waals surface area contributed by atoms with Crippen molar-refractivity contribution in [2.75, 3.05) is 45.2 Å². The Morgan fingerprint density at radius 3 is 2.35 bits per heavy atom. The minimum Gasteiger partial charge on any atom is -0.383 e. The molecule has 0 fully saturated rings. The molecule has 1 unspecified atom stereocenters. The second kappa shape index (κ2) is 12.0. The van der Waals surface area contributed by atoms with Gasteiger partial charge in [-0.25, -0.2) is 8.42 Å². The molecule has 2 aromatic carbocycles. The number of anilines is 1. The first-order chi connectivity index (χ1) is 14.8. The van der Waals surface area contributed by atoms with Crippen LogP contribution in [0.25, 0.3) is 0 Å². The van der Waals surface area contributed by atoms with Gasteiger partial charge in [0.05, 0.1) is 18.0 Å². The monoisotopic (exact) mass is 447 g/mol. The molecule has 8 heteroatoms. The van der Waals surface area contributed by atoms with Gasteiger partial charge in [-0.05, 0) is 30.7 Å². The predicted octanol–water partition coefficient (Wildman–Crippen LogP) is 3.37. The smallest absolute Gasteiger partial charge is 0.243 e. The van der Waals surface area contributed by atoms with E-state index in [0.717, 1.165) is 5.56 Å². The van der Waals surface area contributed by atoms with Crippen LogP contribution in [0.3, 0.4) is 0 Å². The van der Waals surface area contributed by atoms with E-state index in [1.54, 1.807) is 39.2 Å². The third-order valence-corrected chi connectivity index (χ3v) is 7.27. The van der Waals surface area contributed by atoms with E-state index in [9.17, 15) is 13.2 Å². The molecule has 0 aliphatic carbocycles. The molecule has 2 rings (SSSR count). The molecule has 0 aromatic heterocycles. The van der Waals surface area contributed by atoms with Crippen LogP contribution in [0.15, 0.2) is 59.5 Å². The summed E-state index contributed by atoms with van der Waals surface area (Å²) < 4.78 is 32.1. The van der Waals surface area contributed by atoms with Gasteiger partial charge >= 0.3 is 0 Å². The number of hydrogen-bond acceptors (Lipinski definition) is 5. The zero-order valence-corrected chi connectivity index (χ0v) is 19.6. The number of carbonyl (C=O) groups is 1. The Balaban J connectivity index is 2.14. The third kappa shape index (κ3) is 6.87. The van der Waals surface area contributed by atoms with Gasteiger partial charge in [-0.3, -0.25) is 9.69 Å². The van der Waals surface area contributed by atoms with Crippen molar-refractivity contribution in [3.8, 4) is 0 Å². The van der Waals surface area contributed by atoms with E-state index < -0.39 is 10.0 Å². The van der Waals surface area contributed by atoms with Gasteiger partial charge in [0.15, 0.2) is 0 Å². The van der Waals surface area contributed by atoms with Crippen LogP contribution < -0.4 is 5.32 Å². The van der Waals surface area contributed by atoms with Crippen molar-refractivity contribution >= 4 is 21.6 Å². The highest BCUT2D eigenvalue weighted by Crippen LogP contribution is 2.21. The number of nitrogens with one attached hydrogen (secondary N) is 1. The molecule has 0 saturated heterocycles. The van der Waals surface area contributed by atoms with E-state index in [-0.39, 0.29) is 23.4 Å². The lowest BCUT2D eigenvalue weighted by atomic mass is 10.1. The predicted molar refractivity (Wildman–Crippen MR) is 123 cm³/mol. The molecule has 0 saturated carbocycles. The number of carbonyl (C=O) groups excluding carboxylic acids is 1. The van der Waals surface area contributed by atoms with Crippen LogP contribution in [-0.4, -0.2) is 63.4 Å². The molecule has 31 heavy (non-hydrogen) atoms. The zero-order valence-electron chi connectivity index (χ0n) is 18.7. The zero-order chi connectivity index (χ0) is 22.9. The van der Waals surface area contributed by atoms with Gasteiger partial charge in [0.2, 0.25) is 15.9 Å². The lowest BCUT2D eigenvalue weighted by Crippen LogP contribution is -2.37. The Hall–Kier alpha value is -2.26. The number of amides is 1. The fourth-order valence-corrected chi connectivity index (χ4v) is 4.90. The third-order valence-electron chi connectivity index (χ3n) is 5.22. The SMILES string of the molecule is CCN(CC)S(=O)(=O)c1cccc(NC(=O)CN(CCOC)C(C)c2ccccc2)c1. The largest absolute Gasteiger partial charge is 0.383 e. The highest BCUT2D eigenvalue weighted by Gasteiger charge is 2.22. The first-order valence-corrected chi connectivity index (χ1v) is 12.0. The van der Waals surface area contributed by atoms with Crippen LogP contribution >= 0.6 is 0 Å². The first-order valence-electron chi connectivity index (χ1n) is 10.5. The molecule has 170 valence electrons. The maximum atomic E-state index is 12.8. The minimum atomic E-state index is -3.59. The van der Waals surface area contributed by atoms with Crippen LogP contribution in [0.5, 0.6) is 0 Å². The van der Waals surface area contributed by atoms with E-state index in [0.29, 0.717) is 31.9 Å². The standard InChI is InChI=1S/C23H33N3O4S/c1-5-26(6-2)31(28,29)22-14-10-13-21(17-22)24-23(27)18-25(15-16-30-4)19(3)20-11-8-7-9-12-20/h7-14,17,19H,5-6,15-16,18H2,1-4H3,(H,24,27). The van der Waals surface area contributed by atoms with Crippen LogP contribution in [-0.2, 0) is 19.6 Å². The van der Waals surface area contributed by atoms with Gasteiger partial charge in [-0.15, -0.1) is 0 Å². The molecule has 0 spiro atoms. The Bertz CT molecular complexity index is 931. The summed E-state index contributed by atoms with van der Waals surface area (Å²) in [6, 6.07) is 16.4.